The van der Waals surface area contributed by atoms with Gasteiger partial charge in [0.05, 0.1) is 11.7 Å². The molecule has 6 nitrogen and oxygen atoms in total. The topological polar surface area (TPSA) is 75.4 Å². The molecule has 9 heteroatoms. The van der Waals surface area contributed by atoms with Crippen molar-refractivity contribution >= 4 is 42.9 Å². The van der Waals surface area contributed by atoms with Crippen molar-refractivity contribution in [3.8, 4) is 0 Å². The molecule has 2 aromatic rings. The zero-order valence-corrected chi connectivity index (χ0v) is 20.7. The summed E-state index contributed by atoms with van der Waals surface area (Å²) in [5.41, 5.74) is 2.32. The van der Waals surface area contributed by atoms with Gasteiger partial charge in [0.1, 0.15) is 5.82 Å². The van der Waals surface area contributed by atoms with Crippen LogP contribution in [0.15, 0.2) is 42.1 Å². The Bertz CT molecular complexity index is 1040. The number of halogens is 2. The van der Waals surface area contributed by atoms with E-state index in [9.17, 15) is 14.0 Å². The number of rotatable bonds is 10. The molecule has 1 aromatic heterocycles. The van der Waals surface area contributed by atoms with Crippen LogP contribution in [0, 0.1) is 11.7 Å². The number of thiol groups is 1. The molecule has 4 rings (SSSR count). The number of aryl methyl sites for hydroxylation is 1. The van der Waals surface area contributed by atoms with Crippen LogP contribution < -0.4 is 0 Å². The van der Waals surface area contributed by atoms with Crippen LogP contribution in [0.5, 0.6) is 0 Å². The molecule has 2 unspecified atom stereocenters. The average molecular weight is 508 g/mol. The minimum absolute atomic E-state index is 0. The van der Waals surface area contributed by atoms with Crippen LogP contribution in [-0.4, -0.2) is 49.9 Å². The van der Waals surface area contributed by atoms with Crippen LogP contribution in [0.2, 0.25) is 0 Å². The standard InChI is InChI=1S/C25H30FN3O3S.ClH/c26-21-6-2-1-5-20(21)24(25(32)17-8-9-17)28-13-11-22(33)18(16-28)15-19-10-14-29(27-19)12-4-3-7-23(30)31;/h1-2,5-6,10,14-15,17,22,24,33H,3-4,7-9,11-13,16H2,(H,30,31);1H. The average Bonchev–Trinajstić information content (AvgIpc) is 3.55. The molecule has 184 valence electrons. The van der Waals surface area contributed by atoms with Crippen LogP contribution in [0.25, 0.3) is 6.08 Å². The van der Waals surface area contributed by atoms with Gasteiger partial charge >= 0.3 is 5.97 Å². The zero-order valence-electron chi connectivity index (χ0n) is 19.0. The molecule has 1 saturated heterocycles. The van der Waals surface area contributed by atoms with Gasteiger partial charge in [-0.25, -0.2) is 4.39 Å². The molecule has 1 aliphatic carbocycles. The minimum atomic E-state index is -0.781. The predicted molar refractivity (Wildman–Crippen MR) is 135 cm³/mol. The summed E-state index contributed by atoms with van der Waals surface area (Å²) in [6, 6.07) is 7.94. The van der Waals surface area contributed by atoms with Crippen molar-refractivity contribution in [1.82, 2.24) is 14.7 Å². The number of likely N-dealkylation sites (tertiary alicyclic amines) is 1. The quantitative estimate of drug-likeness (QED) is 0.356. The van der Waals surface area contributed by atoms with Crippen LogP contribution in [0.3, 0.4) is 0 Å². The fourth-order valence-corrected chi connectivity index (χ4v) is 4.66. The first kappa shape index (κ1) is 26.4. The Morgan fingerprint density at radius 2 is 1.97 bits per heavy atom. The highest BCUT2D eigenvalue weighted by Crippen LogP contribution is 2.39. The van der Waals surface area contributed by atoms with Crippen molar-refractivity contribution in [2.45, 2.75) is 56.4 Å². The molecule has 2 fully saturated rings. The number of unbranched alkanes of at least 4 members (excludes halogenated alkanes) is 1. The first-order chi connectivity index (χ1) is 15.9. The molecular weight excluding hydrogens is 477 g/mol. The summed E-state index contributed by atoms with van der Waals surface area (Å²) in [5, 5.41) is 13.4. The number of carboxylic acid groups (broad SMARTS) is 1. The van der Waals surface area contributed by atoms with E-state index in [-0.39, 0.29) is 41.6 Å². The van der Waals surface area contributed by atoms with Crippen LogP contribution in [0.4, 0.5) is 4.39 Å². The van der Waals surface area contributed by atoms with E-state index < -0.39 is 12.0 Å². The number of carbonyl (C=O) groups excluding carboxylic acids is 1. The summed E-state index contributed by atoms with van der Waals surface area (Å²) in [6.45, 7) is 1.89. The molecule has 0 spiro atoms. The number of carbonyl (C=O) groups is 2. The first-order valence-electron chi connectivity index (χ1n) is 11.6. The van der Waals surface area contributed by atoms with E-state index in [4.69, 9.17) is 17.7 Å². The molecule has 0 bridgehead atoms. The summed E-state index contributed by atoms with van der Waals surface area (Å²) < 4.78 is 16.5. The number of piperidine rings is 1. The van der Waals surface area contributed by atoms with Gasteiger partial charge in [0.15, 0.2) is 5.78 Å². The highest BCUT2D eigenvalue weighted by Gasteiger charge is 2.40. The highest BCUT2D eigenvalue weighted by molar-refractivity contribution is 7.81. The summed E-state index contributed by atoms with van der Waals surface area (Å²) in [6.07, 6.45) is 7.98. The largest absolute Gasteiger partial charge is 0.481 e. The van der Waals surface area contributed by atoms with Crippen LogP contribution >= 0.6 is 25.0 Å². The number of benzene rings is 1. The van der Waals surface area contributed by atoms with Crippen molar-refractivity contribution < 1.29 is 19.1 Å². The van der Waals surface area contributed by atoms with Crippen molar-refractivity contribution in [3.63, 3.8) is 0 Å². The monoisotopic (exact) mass is 507 g/mol. The van der Waals surface area contributed by atoms with Gasteiger partial charge in [0.25, 0.3) is 0 Å². The number of carboxylic acids is 1. The number of ketones is 1. The maximum Gasteiger partial charge on any atom is 0.303 e. The number of hydrogen-bond acceptors (Lipinski definition) is 5. The van der Waals surface area contributed by atoms with Gasteiger partial charge in [-0.1, -0.05) is 18.2 Å². The lowest BCUT2D eigenvalue weighted by Crippen LogP contribution is -2.42. The smallest absolute Gasteiger partial charge is 0.303 e. The van der Waals surface area contributed by atoms with E-state index in [0.29, 0.717) is 31.6 Å². The van der Waals surface area contributed by atoms with Gasteiger partial charge in [-0.15, -0.1) is 12.4 Å². The van der Waals surface area contributed by atoms with Gasteiger partial charge in [0, 0.05) is 49.0 Å². The summed E-state index contributed by atoms with van der Waals surface area (Å²) in [5.74, 6) is -0.969. The third-order valence-corrected chi connectivity index (χ3v) is 6.93. The molecule has 1 N–H and O–H groups in total. The molecular formula is C25H31ClFN3O3S. The maximum atomic E-state index is 14.7. The second-order valence-electron chi connectivity index (χ2n) is 8.95. The second kappa shape index (κ2) is 12.0. The lowest BCUT2D eigenvalue weighted by Gasteiger charge is -2.37. The Morgan fingerprint density at radius 3 is 2.68 bits per heavy atom. The molecule has 2 aliphatic rings. The molecule has 1 aromatic carbocycles. The lowest BCUT2D eigenvalue weighted by molar-refractivity contribution is -0.137. The predicted octanol–water partition coefficient (Wildman–Crippen LogP) is 4.81. The molecule has 34 heavy (non-hydrogen) atoms. The van der Waals surface area contributed by atoms with Crippen molar-refractivity contribution in [2.75, 3.05) is 13.1 Å². The van der Waals surface area contributed by atoms with E-state index in [1.165, 1.54) is 6.07 Å². The zero-order chi connectivity index (χ0) is 23.4. The third-order valence-electron chi connectivity index (χ3n) is 6.34. The Labute approximate surface area is 211 Å². The molecule has 0 amide bonds. The molecule has 2 atom stereocenters. The van der Waals surface area contributed by atoms with Gasteiger partial charge in [-0.05, 0) is 55.9 Å². The molecule has 0 radical (unpaired) electrons. The number of aliphatic carboxylic acids is 1. The maximum absolute atomic E-state index is 14.7. The molecule has 1 aliphatic heterocycles. The van der Waals surface area contributed by atoms with Crippen LogP contribution in [0.1, 0.15) is 55.8 Å². The summed E-state index contributed by atoms with van der Waals surface area (Å²) in [7, 11) is 0. The SMILES string of the molecule is Cl.O=C(O)CCCCn1ccc(C=C2CN(C(C(=O)C3CC3)c3ccccc3F)CCC2S)n1. The Hall–Kier alpha value is -2.16. The van der Waals surface area contributed by atoms with Crippen LogP contribution in [-0.2, 0) is 16.1 Å². The summed E-state index contributed by atoms with van der Waals surface area (Å²) >= 11 is 4.76. The van der Waals surface area contributed by atoms with Gasteiger partial charge in [-0.3, -0.25) is 19.2 Å². The van der Waals surface area contributed by atoms with E-state index >= 15 is 0 Å². The fourth-order valence-electron chi connectivity index (χ4n) is 4.39. The van der Waals surface area contributed by atoms with E-state index in [2.05, 4.69) is 10.00 Å². The third kappa shape index (κ3) is 6.71. The van der Waals surface area contributed by atoms with E-state index in [0.717, 1.165) is 37.0 Å². The molecule has 2 heterocycles. The molecule has 1 saturated carbocycles. The Morgan fingerprint density at radius 1 is 1.21 bits per heavy atom. The van der Waals surface area contributed by atoms with Gasteiger partial charge < -0.3 is 5.11 Å². The van der Waals surface area contributed by atoms with E-state index in [1.807, 2.05) is 23.0 Å². The number of hydrogen-bond donors (Lipinski definition) is 2. The first-order valence-corrected chi connectivity index (χ1v) is 12.1. The van der Waals surface area contributed by atoms with Crippen molar-refractivity contribution in [2.24, 2.45) is 5.92 Å². The second-order valence-corrected chi connectivity index (χ2v) is 9.57. The number of Topliss-reactive ketones (excluding diaryl/α,β-unsaturated/α-hetero) is 1. The van der Waals surface area contributed by atoms with Gasteiger partial charge in [-0.2, -0.15) is 17.7 Å². The number of aromatic nitrogens is 2. The number of nitrogens with zero attached hydrogens (tertiary/aromatic N) is 3. The Balaban J connectivity index is 0.00000324. The van der Waals surface area contributed by atoms with Crippen molar-refractivity contribution in [1.29, 1.82) is 0 Å². The summed E-state index contributed by atoms with van der Waals surface area (Å²) in [4.78, 5) is 25.9. The van der Waals surface area contributed by atoms with Gasteiger partial charge in [0.2, 0.25) is 0 Å². The Kier molecular flexibility index (Phi) is 9.33. The minimum Gasteiger partial charge on any atom is -0.481 e. The highest BCUT2D eigenvalue weighted by atomic mass is 35.5. The fraction of sp³-hybridized carbons (Fsp3) is 0.480. The normalized spacial score (nSPS) is 20.6. The lowest BCUT2D eigenvalue weighted by atomic mass is 9.93. The van der Waals surface area contributed by atoms with E-state index in [1.54, 1.807) is 18.2 Å². The van der Waals surface area contributed by atoms with Crippen molar-refractivity contribution in [3.05, 3.63) is 59.2 Å².